The number of nitrogens with zero attached hydrogens (tertiary/aromatic N) is 1. The zero-order chi connectivity index (χ0) is 11.8. The monoisotopic (exact) mass is 320 g/mol. The molecule has 3 rings (SSSR count). The van der Waals surface area contributed by atoms with Gasteiger partial charge >= 0.3 is 0 Å². The summed E-state index contributed by atoms with van der Waals surface area (Å²) in [6.45, 7) is 5.56. The van der Waals surface area contributed by atoms with E-state index in [4.69, 9.17) is 0 Å². The van der Waals surface area contributed by atoms with Crippen LogP contribution >= 0.6 is 36.6 Å². The molecule has 19 heavy (non-hydrogen) atoms. The topological polar surface area (TPSA) is 24.4 Å². The van der Waals surface area contributed by atoms with Gasteiger partial charge in [0.05, 0.1) is 5.03 Å². The lowest BCUT2D eigenvalue weighted by Gasteiger charge is -2.23. The van der Waals surface area contributed by atoms with Crippen LogP contribution in [0.4, 0.5) is 0 Å². The molecular weight excluding hydrogens is 299 g/mol. The van der Waals surface area contributed by atoms with E-state index in [2.05, 4.69) is 29.6 Å². The second-order valence-electron chi connectivity index (χ2n) is 5.47. The van der Waals surface area contributed by atoms with Crippen LogP contribution in [0.1, 0.15) is 39.5 Å². The molecule has 0 amide bonds. The van der Waals surface area contributed by atoms with Gasteiger partial charge in [-0.3, -0.25) is 4.99 Å². The molecule has 5 heteroatoms. The highest BCUT2D eigenvalue weighted by Crippen LogP contribution is 2.39. The first kappa shape index (κ1) is 16.9. The number of aliphatic imine (C=N–C) groups is 1. The fourth-order valence-corrected chi connectivity index (χ4v) is 3.92. The van der Waals surface area contributed by atoms with Crippen LogP contribution < -0.4 is 5.32 Å². The van der Waals surface area contributed by atoms with Gasteiger partial charge < -0.3 is 5.32 Å². The number of allylic oxidation sites excluding steroid dienone is 2. The molecule has 0 spiro atoms. The minimum Gasteiger partial charge on any atom is -0.353 e. The third-order valence-electron chi connectivity index (χ3n) is 3.94. The largest absolute Gasteiger partial charge is 0.353 e. The summed E-state index contributed by atoms with van der Waals surface area (Å²) in [5, 5.41) is 7.30. The summed E-state index contributed by atoms with van der Waals surface area (Å²) in [5.74, 6) is 1.37. The van der Waals surface area contributed by atoms with Crippen molar-refractivity contribution >= 4 is 42.3 Å². The van der Waals surface area contributed by atoms with Crippen LogP contribution in [0.3, 0.4) is 0 Å². The number of hydrogen-bond donors (Lipinski definition) is 1. The van der Waals surface area contributed by atoms with E-state index in [0.29, 0.717) is 5.92 Å². The maximum Gasteiger partial charge on any atom is 0.0758 e. The summed E-state index contributed by atoms with van der Waals surface area (Å²) in [6, 6.07) is 0. The Kier molecular flexibility index (Phi) is 6.28. The smallest absolute Gasteiger partial charge is 0.0758 e. The van der Waals surface area contributed by atoms with E-state index in [1.54, 1.807) is 5.57 Å². The average molecular weight is 321 g/mol. The van der Waals surface area contributed by atoms with Gasteiger partial charge in [0.2, 0.25) is 0 Å². The van der Waals surface area contributed by atoms with Crippen molar-refractivity contribution < 1.29 is 0 Å². The Morgan fingerprint density at radius 2 is 2.11 bits per heavy atom. The highest BCUT2D eigenvalue weighted by molar-refractivity contribution is 8.06. The van der Waals surface area contributed by atoms with Crippen molar-refractivity contribution in [3.63, 3.8) is 0 Å². The van der Waals surface area contributed by atoms with Crippen LogP contribution in [-0.4, -0.2) is 12.3 Å². The third-order valence-corrected chi connectivity index (χ3v) is 4.94. The van der Waals surface area contributed by atoms with Gasteiger partial charge in [0.15, 0.2) is 0 Å². The SMILES string of the molecule is CC(C)C1=CSC(=C2CCC3=NCCC3C2)N1.Cl.Cl. The zero-order valence-corrected chi connectivity index (χ0v) is 13.9. The zero-order valence-electron chi connectivity index (χ0n) is 11.4. The van der Waals surface area contributed by atoms with Crippen LogP contribution in [0.25, 0.3) is 0 Å². The Morgan fingerprint density at radius 1 is 1.32 bits per heavy atom. The normalized spacial score (nSPS) is 28.9. The molecular formula is C14H22Cl2N2S. The summed E-state index contributed by atoms with van der Waals surface area (Å²) >= 11 is 1.89. The number of nitrogens with one attached hydrogen (secondary N) is 1. The van der Waals surface area contributed by atoms with Crippen LogP contribution in [0.5, 0.6) is 0 Å². The van der Waals surface area contributed by atoms with E-state index in [0.717, 1.165) is 12.5 Å². The van der Waals surface area contributed by atoms with Gasteiger partial charge in [0.1, 0.15) is 0 Å². The van der Waals surface area contributed by atoms with Crippen molar-refractivity contribution in [2.75, 3.05) is 6.54 Å². The van der Waals surface area contributed by atoms with Gasteiger partial charge in [-0.25, -0.2) is 0 Å². The number of halogens is 2. The van der Waals surface area contributed by atoms with Crippen molar-refractivity contribution in [2.24, 2.45) is 16.8 Å². The molecule has 0 aromatic rings. The minimum absolute atomic E-state index is 0. The van der Waals surface area contributed by atoms with Gasteiger partial charge in [-0.2, -0.15) is 0 Å². The molecule has 0 saturated heterocycles. The molecule has 1 aliphatic carbocycles. The predicted octanol–water partition coefficient (Wildman–Crippen LogP) is 4.52. The quantitative estimate of drug-likeness (QED) is 0.768. The average Bonchev–Trinajstić information content (AvgIpc) is 2.97. The van der Waals surface area contributed by atoms with E-state index in [9.17, 15) is 0 Å². The van der Waals surface area contributed by atoms with Crippen molar-refractivity contribution in [3.8, 4) is 0 Å². The summed E-state index contributed by atoms with van der Waals surface area (Å²) < 4.78 is 0. The number of fused-ring (bicyclic) bond motifs is 1. The standard InChI is InChI=1S/C14H20N2S.2ClH/c1-9(2)13-8-17-14(16-13)11-3-4-12-10(7-11)5-6-15-12;;/h8-10,16H,3-7H2,1-2H3;2*1H. The van der Waals surface area contributed by atoms with Crippen LogP contribution in [0, 0.1) is 11.8 Å². The van der Waals surface area contributed by atoms with Crippen LogP contribution in [0.15, 0.2) is 26.7 Å². The first-order valence-electron chi connectivity index (χ1n) is 6.63. The lowest BCUT2D eigenvalue weighted by molar-refractivity contribution is 0.612. The number of rotatable bonds is 1. The molecule has 2 aliphatic heterocycles. The summed E-state index contributed by atoms with van der Waals surface area (Å²) in [7, 11) is 0. The van der Waals surface area contributed by atoms with E-state index in [-0.39, 0.29) is 24.8 Å². The van der Waals surface area contributed by atoms with Gasteiger partial charge in [0, 0.05) is 23.9 Å². The summed E-state index contributed by atoms with van der Waals surface area (Å²) in [5.41, 5.74) is 4.51. The van der Waals surface area contributed by atoms with Crippen molar-refractivity contribution in [3.05, 3.63) is 21.7 Å². The highest BCUT2D eigenvalue weighted by atomic mass is 35.5. The van der Waals surface area contributed by atoms with E-state index in [1.807, 2.05) is 11.8 Å². The molecule has 2 nitrogen and oxygen atoms in total. The lowest BCUT2D eigenvalue weighted by Crippen LogP contribution is -2.20. The molecule has 0 aromatic heterocycles. The fourth-order valence-electron chi connectivity index (χ4n) is 2.81. The molecule has 2 heterocycles. The maximum absolute atomic E-state index is 4.62. The molecule has 1 atom stereocenters. The molecule has 1 N–H and O–H groups in total. The lowest BCUT2D eigenvalue weighted by atomic mass is 9.84. The molecule has 0 radical (unpaired) electrons. The maximum atomic E-state index is 4.62. The van der Waals surface area contributed by atoms with Crippen LogP contribution in [-0.2, 0) is 0 Å². The van der Waals surface area contributed by atoms with E-state index in [1.165, 1.54) is 42.1 Å². The summed E-state index contributed by atoms with van der Waals surface area (Å²) in [6.07, 6.45) is 4.93. The Hall–Kier alpha value is -0.120. The van der Waals surface area contributed by atoms with Crippen molar-refractivity contribution in [2.45, 2.75) is 39.5 Å². The molecule has 3 aliphatic rings. The van der Waals surface area contributed by atoms with Crippen molar-refractivity contribution in [1.82, 2.24) is 5.32 Å². The molecule has 1 fully saturated rings. The minimum atomic E-state index is 0. The van der Waals surface area contributed by atoms with Crippen molar-refractivity contribution in [1.29, 1.82) is 0 Å². The highest BCUT2D eigenvalue weighted by Gasteiger charge is 2.29. The molecule has 108 valence electrons. The molecule has 1 saturated carbocycles. The van der Waals surface area contributed by atoms with E-state index >= 15 is 0 Å². The first-order chi connectivity index (χ1) is 8.24. The Bertz CT molecular complexity index is 427. The number of thioether (sulfide) groups is 1. The Morgan fingerprint density at radius 3 is 2.79 bits per heavy atom. The summed E-state index contributed by atoms with van der Waals surface area (Å²) in [4.78, 5) is 4.62. The third kappa shape index (κ3) is 3.50. The van der Waals surface area contributed by atoms with Crippen LogP contribution in [0.2, 0.25) is 0 Å². The first-order valence-corrected chi connectivity index (χ1v) is 7.51. The molecule has 0 aromatic carbocycles. The number of hydrogen-bond acceptors (Lipinski definition) is 3. The van der Waals surface area contributed by atoms with Gasteiger partial charge in [0.25, 0.3) is 0 Å². The molecule has 0 bridgehead atoms. The molecule has 1 unspecified atom stereocenters. The fraction of sp³-hybridized carbons (Fsp3) is 0.643. The second kappa shape index (κ2) is 7.05. The van der Waals surface area contributed by atoms with Gasteiger partial charge in [-0.15, -0.1) is 24.8 Å². The second-order valence-corrected chi connectivity index (χ2v) is 6.35. The predicted molar refractivity (Wildman–Crippen MR) is 89.4 cm³/mol. The van der Waals surface area contributed by atoms with Gasteiger partial charge in [-0.1, -0.05) is 25.6 Å². The van der Waals surface area contributed by atoms with E-state index < -0.39 is 0 Å². The Labute approximate surface area is 132 Å². The Balaban J connectivity index is 0.000000902. The van der Waals surface area contributed by atoms with Gasteiger partial charge in [-0.05, 0) is 42.6 Å².